The third-order valence-corrected chi connectivity index (χ3v) is 6.43. The molecule has 2 fully saturated rings. The molecule has 4 heteroatoms. The van der Waals surface area contributed by atoms with Crippen molar-refractivity contribution in [3.05, 3.63) is 30.3 Å². The minimum Gasteiger partial charge on any atom is -0.389 e. The van der Waals surface area contributed by atoms with Crippen LogP contribution in [0.1, 0.15) is 40.0 Å². The van der Waals surface area contributed by atoms with Gasteiger partial charge in [-0.1, -0.05) is 45.4 Å². The van der Waals surface area contributed by atoms with Crippen molar-refractivity contribution >= 4 is 5.69 Å². The number of nitrogens with zero attached hydrogens (tertiary/aromatic N) is 2. The van der Waals surface area contributed by atoms with E-state index in [0.717, 1.165) is 45.1 Å². The molecule has 0 spiro atoms. The zero-order valence-electron chi connectivity index (χ0n) is 17.4. The van der Waals surface area contributed by atoms with Gasteiger partial charge in [0.2, 0.25) is 0 Å². The Balaban J connectivity index is 1.40. The maximum absolute atomic E-state index is 10.5. The first kappa shape index (κ1) is 20.6. The van der Waals surface area contributed by atoms with Crippen LogP contribution in [0.25, 0.3) is 0 Å². The molecular formula is C23H38N2O2. The molecule has 1 heterocycles. The highest BCUT2D eigenvalue weighted by atomic mass is 16.5. The number of benzene rings is 1. The second-order valence-corrected chi connectivity index (χ2v) is 8.97. The van der Waals surface area contributed by atoms with Gasteiger partial charge >= 0.3 is 0 Å². The third-order valence-electron chi connectivity index (χ3n) is 6.43. The lowest BCUT2D eigenvalue weighted by Crippen LogP contribution is -2.49. The first-order chi connectivity index (χ1) is 13.0. The van der Waals surface area contributed by atoms with Crippen molar-refractivity contribution in [3.8, 4) is 0 Å². The highest BCUT2D eigenvalue weighted by Crippen LogP contribution is 2.35. The molecule has 27 heavy (non-hydrogen) atoms. The molecule has 3 rings (SSSR count). The van der Waals surface area contributed by atoms with Gasteiger partial charge in [-0.3, -0.25) is 4.90 Å². The van der Waals surface area contributed by atoms with E-state index in [2.05, 4.69) is 60.9 Å². The van der Waals surface area contributed by atoms with E-state index in [-0.39, 0.29) is 0 Å². The second kappa shape index (κ2) is 9.90. The summed E-state index contributed by atoms with van der Waals surface area (Å²) in [4.78, 5) is 4.80. The SMILES string of the molecule is CC(C)[C@H]1CC[C@@H](C)C[C@H]1OC[C@@H](O)CN1CCN(c2ccccc2)CC1. The van der Waals surface area contributed by atoms with Crippen LogP contribution in [0.5, 0.6) is 0 Å². The maximum Gasteiger partial charge on any atom is 0.0900 e. The summed E-state index contributed by atoms with van der Waals surface area (Å²) in [7, 11) is 0. The third kappa shape index (κ3) is 5.94. The van der Waals surface area contributed by atoms with Crippen LogP contribution in [-0.4, -0.2) is 61.5 Å². The number of anilines is 1. The molecule has 1 aromatic rings. The fourth-order valence-corrected chi connectivity index (χ4v) is 4.72. The quantitative estimate of drug-likeness (QED) is 0.790. The highest BCUT2D eigenvalue weighted by molar-refractivity contribution is 5.46. The molecule has 0 bridgehead atoms. The number of β-amino-alcohol motifs (C(OH)–C–C–N with tert-alkyl or cyclic N) is 1. The number of ether oxygens (including phenoxy) is 1. The predicted octanol–water partition coefficient (Wildman–Crippen LogP) is 3.65. The van der Waals surface area contributed by atoms with Gasteiger partial charge in [0.15, 0.2) is 0 Å². The lowest BCUT2D eigenvalue weighted by Gasteiger charge is -2.39. The standard InChI is InChI=1S/C23H38N2O2/c1-18(2)22-10-9-19(3)15-23(22)27-17-21(26)16-24-11-13-25(14-12-24)20-7-5-4-6-8-20/h4-8,18-19,21-23,26H,9-17H2,1-3H3/t19-,21+,22-,23-/m1/s1. The van der Waals surface area contributed by atoms with E-state index >= 15 is 0 Å². The van der Waals surface area contributed by atoms with E-state index in [4.69, 9.17) is 4.74 Å². The molecule has 1 aliphatic carbocycles. The monoisotopic (exact) mass is 374 g/mol. The summed E-state index contributed by atoms with van der Waals surface area (Å²) in [6.07, 6.45) is 3.65. The molecule has 1 saturated heterocycles. The molecule has 1 saturated carbocycles. The fraction of sp³-hybridized carbons (Fsp3) is 0.739. The van der Waals surface area contributed by atoms with Gasteiger partial charge in [-0.05, 0) is 42.7 Å². The Morgan fingerprint density at radius 2 is 1.78 bits per heavy atom. The smallest absolute Gasteiger partial charge is 0.0900 e. The second-order valence-electron chi connectivity index (χ2n) is 8.97. The Kier molecular flexibility index (Phi) is 7.57. The molecule has 0 radical (unpaired) electrons. The number of aliphatic hydroxyl groups is 1. The van der Waals surface area contributed by atoms with Gasteiger partial charge < -0.3 is 14.7 Å². The number of hydrogen-bond acceptors (Lipinski definition) is 4. The van der Waals surface area contributed by atoms with Gasteiger partial charge in [-0.2, -0.15) is 0 Å². The molecule has 1 N–H and O–H groups in total. The minimum atomic E-state index is -0.390. The van der Waals surface area contributed by atoms with Crippen molar-refractivity contribution in [2.75, 3.05) is 44.2 Å². The Labute approximate surface area is 165 Å². The highest BCUT2D eigenvalue weighted by Gasteiger charge is 2.32. The predicted molar refractivity (Wildman–Crippen MR) is 112 cm³/mol. The van der Waals surface area contributed by atoms with E-state index in [0.29, 0.717) is 24.5 Å². The van der Waals surface area contributed by atoms with E-state index in [1.54, 1.807) is 0 Å². The molecule has 152 valence electrons. The first-order valence-electron chi connectivity index (χ1n) is 10.8. The van der Waals surface area contributed by atoms with E-state index in [1.807, 2.05) is 0 Å². The Morgan fingerprint density at radius 1 is 1.07 bits per heavy atom. The van der Waals surface area contributed by atoms with Gasteiger partial charge in [-0.15, -0.1) is 0 Å². The normalized spacial score (nSPS) is 28.5. The largest absolute Gasteiger partial charge is 0.389 e. The van der Waals surface area contributed by atoms with Crippen LogP contribution in [0.4, 0.5) is 5.69 Å². The van der Waals surface area contributed by atoms with Gasteiger partial charge in [0.05, 0.1) is 18.8 Å². The fourth-order valence-electron chi connectivity index (χ4n) is 4.72. The summed E-state index contributed by atoms with van der Waals surface area (Å²) in [6, 6.07) is 10.6. The number of piperazine rings is 1. The van der Waals surface area contributed by atoms with Crippen LogP contribution >= 0.6 is 0 Å². The van der Waals surface area contributed by atoms with Crippen molar-refractivity contribution in [1.82, 2.24) is 4.90 Å². The molecular weight excluding hydrogens is 336 g/mol. The zero-order valence-corrected chi connectivity index (χ0v) is 17.4. The van der Waals surface area contributed by atoms with Crippen LogP contribution in [0.3, 0.4) is 0 Å². The van der Waals surface area contributed by atoms with Crippen molar-refractivity contribution < 1.29 is 9.84 Å². The van der Waals surface area contributed by atoms with Crippen molar-refractivity contribution in [3.63, 3.8) is 0 Å². The van der Waals surface area contributed by atoms with Crippen molar-refractivity contribution in [2.45, 2.75) is 52.2 Å². The van der Waals surface area contributed by atoms with Gasteiger partial charge in [0.1, 0.15) is 0 Å². The summed E-state index contributed by atoms with van der Waals surface area (Å²) in [6.45, 7) is 12.2. The molecule has 0 unspecified atom stereocenters. The van der Waals surface area contributed by atoms with Gasteiger partial charge in [0.25, 0.3) is 0 Å². The van der Waals surface area contributed by atoms with Gasteiger partial charge in [-0.25, -0.2) is 0 Å². The van der Waals surface area contributed by atoms with Crippen molar-refractivity contribution in [2.24, 2.45) is 17.8 Å². The summed E-state index contributed by atoms with van der Waals surface area (Å²) in [5.74, 6) is 2.04. The number of para-hydroxylation sites is 1. The van der Waals surface area contributed by atoms with Crippen LogP contribution in [0, 0.1) is 17.8 Å². The maximum atomic E-state index is 10.5. The summed E-state index contributed by atoms with van der Waals surface area (Å²) < 4.78 is 6.23. The van der Waals surface area contributed by atoms with Crippen LogP contribution in [0.15, 0.2) is 30.3 Å². The lowest BCUT2D eigenvalue weighted by atomic mass is 9.75. The zero-order chi connectivity index (χ0) is 19.2. The number of rotatable bonds is 7. The van der Waals surface area contributed by atoms with Crippen LogP contribution in [-0.2, 0) is 4.74 Å². The summed E-state index contributed by atoms with van der Waals surface area (Å²) in [5, 5.41) is 10.5. The number of hydrogen-bond donors (Lipinski definition) is 1. The molecule has 4 nitrogen and oxygen atoms in total. The Hall–Kier alpha value is -1.10. The molecule has 1 aromatic carbocycles. The minimum absolute atomic E-state index is 0.318. The first-order valence-corrected chi connectivity index (χ1v) is 10.8. The molecule has 0 aromatic heterocycles. The lowest BCUT2D eigenvalue weighted by molar-refractivity contribution is -0.0740. The van der Waals surface area contributed by atoms with E-state index < -0.39 is 6.10 Å². The van der Waals surface area contributed by atoms with Crippen LogP contribution < -0.4 is 4.90 Å². The van der Waals surface area contributed by atoms with Gasteiger partial charge in [0, 0.05) is 38.4 Å². The topological polar surface area (TPSA) is 35.9 Å². The van der Waals surface area contributed by atoms with Crippen molar-refractivity contribution in [1.29, 1.82) is 0 Å². The molecule has 1 aliphatic heterocycles. The van der Waals surface area contributed by atoms with E-state index in [1.165, 1.54) is 18.5 Å². The Morgan fingerprint density at radius 3 is 2.44 bits per heavy atom. The molecule has 4 atom stereocenters. The van der Waals surface area contributed by atoms with E-state index in [9.17, 15) is 5.11 Å². The average Bonchev–Trinajstić information content (AvgIpc) is 2.67. The average molecular weight is 375 g/mol. The summed E-state index contributed by atoms with van der Waals surface area (Å²) >= 11 is 0. The molecule has 2 aliphatic rings. The number of aliphatic hydroxyl groups excluding tert-OH is 1. The summed E-state index contributed by atoms with van der Waals surface area (Å²) in [5.41, 5.74) is 1.30. The molecule has 0 amide bonds. The Bertz CT molecular complexity index is 543. The van der Waals surface area contributed by atoms with Crippen LogP contribution in [0.2, 0.25) is 0 Å².